The lowest BCUT2D eigenvalue weighted by molar-refractivity contribution is -0.116. The maximum atomic E-state index is 11.2. The standard InChI is InChI=1S/C9H11BrN2O2/c10-7-3-4-8(11-6-7)12-9(14)2-1-5-13/h3-4,6,13H,1-2,5H2,(H,11,12,14). The molecule has 0 spiro atoms. The van der Waals surface area contributed by atoms with Gasteiger partial charge in [0.1, 0.15) is 5.82 Å². The fourth-order valence-corrected chi connectivity index (χ4v) is 1.13. The van der Waals surface area contributed by atoms with Gasteiger partial charge in [0, 0.05) is 23.7 Å². The van der Waals surface area contributed by atoms with Gasteiger partial charge < -0.3 is 10.4 Å². The second-order valence-electron chi connectivity index (χ2n) is 2.74. The Bertz CT molecular complexity index is 300. The normalized spacial score (nSPS) is 9.86. The molecule has 1 heterocycles. The third-order valence-electron chi connectivity index (χ3n) is 1.56. The van der Waals surface area contributed by atoms with E-state index in [1.165, 1.54) is 0 Å². The summed E-state index contributed by atoms with van der Waals surface area (Å²) in [6, 6.07) is 3.51. The highest BCUT2D eigenvalue weighted by Crippen LogP contribution is 2.10. The number of nitrogens with one attached hydrogen (secondary N) is 1. The van der Waals surface area contributed by atoms with Crippen molar-refractivity contribution in [3.8, 4) is 0 Å². The summed E-state index contributed by atoms with van der Waals surface area (Å²) in [6.45, 7) is 0.0290. The first-order valence-electron chi connectivity index (χ1n) is 4.24. The monoisotopic (exact) mass is 258 g/mol. The molecular weight excluding hydrogens is 248 g/mol. The van der Waals surface area contributed by atoms with E-state index in [1.54, 1.807) is 18.3 Å². The van der Waals surface area contributed by atoms with Crippen LogP contribution in [0.3, 0.4) is 0 Å². The molecule has 0 saturated carbocycles. The zero-order valence-corrected chi connectivity index (χ0v) is 9.12. The van der Waals surface area contributed by atoms with Gasteiger partial charge in [-0.15, -0.1) is 0 Å². The third-order valence-corrected chi connectivity index (χ3v) is 2.03. The summed E-state index contributed by atoms with van der Waals surface area (Å²) < 4.78 is 0.867. The lowest BCUT2D eigenvalue weighted by Crippen LogP contribution is -2.12. The van der Waals surface area contributed by atoms with E-state index in [1.807, 2.05) is 0 Å². The lowest BCUT2D eigenvalue weighted by atomic mass is 10.3. The van der Waals surface area contributed by atoms with Crippen molar-refractivity contribution in [2.45, 2.75) is 12.8 Å². The van der Waals surface area contributed by atoms with E-state index in [4.69, 9.17) is 5.11 Å². The van der Waals surface area contributed by atoms with Gasteiger partial charge in [-0.3, -0.25) is 4.79 Å². The Morgan fingerprint density at radius 1 is 1.57 bits per heavy atom. The zero-order chi connectivity index (χ0) is 10.4. The molecule has 0 aromatic carbocycles. The van der Waals surface area contributed by atoms with Crippen LogP contribution in [0, 0.1) is 0 Å². The van der Waals surface area contributed by atoms with Crippen LogP contribution < -0.4 is 5.32 Å². The number of amides is 1. The van der Waals surface area contributed by atoms with Crippen LogP contribution in [0.5, 0.6) is 0 Å². The molecule has 4 nitrogen and oxygen atoms in total. The topological polar surface area (TPSA) is 62.2 Å². The van der Waals surface area contributed by atoms with Crippen LogP contribution in [0.4, 0.5) is 5.82 Å². The summed E-state index contributed by atoms with van der Waals surface area (Å²) in [7, 11) is 0. The van der Waals surface area contributed by atoms with Crippen LogP contribution in [0.2, 0.25) is 0 Å². The van der Waals surface area contributed by atoms with Crippen molar-refractivity contribution in [2.24, 2.45) is 0 Å². The number of hydrogen-bond acceptors (Lipinski definition) is 3. The van der Waals surface area contributed by atoms with Crippen molar-refractivity contribution in [3.63, 3.8) is 0 Å². The van der Waals surface area contributed by atoms with Gasteiger partial charge in [0.2, 0.25) is 5.91 Å². The van der Waals surface area contributed by atoms with Gasteiger partial charge >= 0.3 is 0 Å². The molecule has 0 saturated heterocycles. The second kappa shape index (κ2) is 5.72. The molecule has 0 aliphatic carbocycles. The first kappa shape index (κ1) is 11.1. The van der Waals surface area contributed by atoms with Crippen molar-refractivity contribution >= 4 is 27.7 Å². The van der Waals surface area contributed by atoms with Crippen molar-refractivity contribution < 1.29 is 9.90 Å². The molecular formula is C9H11BrN2O2. The van der Waals surface area contributed by atoms with Gasteiger partial charge in [-0.05, 0) is 34.5 Å². The number of rotatable bonds is 4. The number of halogens is 1. The number of aromatic nitrogens is 1. The molecule has 5 heteroatoms. The van der Waals surface area contributed by atoms with Crippen molar-refractivity contribution in [1.82, 2.24) is 4.98 Å². The molecule has 1 amide bonds. The Morgan fingerprint density at radius 2 is 2.36 bits per heavy atom. The highest BCUT2D eigenvalue weighted by atomic mass is 79.9. The molecule has 14 heavy (non-hydrogen) atoms. The number of aliphatic hydroxyl groups is 1. The second-order valence-corrected chi connectivity index (χ2v) is 3.65. The van der Waals surface area contributed by atoms with Gasteiger partial charge in [0.05, 0.1) is 0 Å². The summed E-state index contributed by atoms with van der Waals surface area (Å²) in [5, 5.41) is 11.1. The van der Waals surface area contributed by atoms with Crippen LogP contribution in [0.15, 0.2) is 22.8 Å². The number of carbonyl (C=O) groups is 1. The number of aliphatic hydroxyl groups excluding tert-OH is 1. The van der Waals surface area contributed by atoms with Gasteiger partial charge in [-0.1, -0.05) is 0 Å². The number of hydrogen-bond donors (Lipinski definition) is 2. The molecule has 0 radical (unpaired) electrons. The number of pyridine rings is 1. The van der Waals surface area contributed by atoms with Crippen LogP contribution in [0.25, 0.3) is 0 Å². The summed E-state index contributed by atoms with van der Waals surface area (Å²) in [6.07, 6.45) is 2.40. The van der Waals surface area contributed by atoms with Crippen LogP contribution in [-0.4, -0.2) is 22.6 Å². The Morgan fingerprint density at radius 3 is 2.93 bits per heavy atom. The molecule has 1 aromatic rings. The van der Waals surface area contributed by atoms with E-state index in [2.05, 4.69) is 26.2 Å². The quantitative estimate of drug-likeness (QED) is 0.862. The van der Waals surface area contributed by atoms with E-state index in [-0.39, 0.29) is 12.5 Å². The Balaban J connectivity index is 2.44. The smallest absolute Gasteiger partial charge is 0.225 e. The highest BCUT2D eigenvalue weighted by Gasteiger charge is 2.01. The molecule has 0 unspecified atom stereocenters. The van der Waals surface area contributed by atoms with Crippen LogP contribution >= 0.6 is 15.9 Å². The number of anilines is 1. The van der Waals surface area contributed by atoms with Crippen molar-refractivity contribution in [1.29, 1.82) is 0 Å². The van der Waals surface area contributed by atoms with Crippen LogP contribution in [0.1, 0.15) is 12.8 Å². The Labute approximate surface area is 90.5 Å². The van der Waals surface area contributed by atoms with Gasteiger partial charge in [0.15, 0.2) is 0 Å². The summed E-state index contributed by atoms with van der Waals surface area (Å²) in [4.78, 5) is 15.2. The van der Waals surface area contributed by atoms with Gasteiger partial charge in [-0.2, -0.15) is 0 Å². The maximum absolute atomic E-state index is 11.2. The van der Waals surface area contributed by atoms with Gasteiger partial charge in [-0.25, -0.2) is 4.98 Å². The van der Waals surface area contributed by atoms with Crippen molar-refractivity contribution in [2.75, 3.05) is 11.9 Å². The van der Waals surface area contributed by atoms with E-state index in [9.17, 15) is 4.79 Å². The zero-order valence-electron chi connectivity index (χ0n) is 7.53. The largest absolute Gasteiger partial charge is 0.396 e. The molecule has 0 atom stereocenters. The minimum atomic E-state index is -0.131. The molecule has 0 fully saturated rings. The van der Waals surface area contributed by atoms with E-state index < -0.39 is 0 Å². The van der Waals surface area contributed by atoms with E-state index in [0.717, 1.165) is 4.47 Å². The Kier molecular flexibility index (Phi) is 4.55. The van der Waals surface area contributed by atoms with Gasteiger partial charge in [0.25, 0.3) is 0 Å². The molecule has 0 aliphatic heterocycles. The molecule has 0 bridgehead atoms. The predicted molar refractivity (Wildman–Crippen MR) is 56.9 cm³/mol. The highest BCUT2D eigenvalue weighted by molar-refractivity contribution is 9.10. The van der Waals surface area contributed by atoms with Crippen molar-refractivity contribution in [3.05, 3.63) is 22.8 Å². The number of carbonyl (C=O) groups excluding carboxylic acids is 1. The Hall–Kier alpha value is -0.940. The average Bonchev–Trinajstić information content (AvgIpc) is 2.18. The average molecular weight is 259 g/mol. The molecule has 0 aliphatic rings. The summed E-state index contributed by atoms with van der Waals surface area (Å²) in [5.41, 5.74) is 0. The fraction of sp³-hybridized carbons (Fsp3) is 0.333. The van der Waals surface area contributed by atoms with E-state index >= 15 is 0 Å². The SMILES string of the molecule is O=C(CCCO)Nc1ccc(Br)cn1. The first-order chi connectivity index (χ1) is 6.72. The fourth-order valence-electron chi connectivity index (χ4n) is 0.895. The van der Waals surface area contributed by atoms with Crippen LogP contribution in [-0.2, 0) is 4.79 Å². The maximum Gasteiger partial charge on any atom is 0.225 e. The lowest BCUT2D eigenvalue weighted by Gasteiger charge is -2.02. The molecule has 76 valence electrons. The molecule has 2 N–H and O–H groups in total. The van der Waals surface area contributed by atoms with E-state index in [0.29, 0.717) is 18.7 Å². The third kappa shape index (κ3) is 3.85. The minimum absolute atomic E-state index is 0.0290. The minimum Gasteiger partial charge on any atom is -0.396 e. The summed E-state index contributed by atoms with van der Waals surface area (Å²) >= 11 is 3.25. The number of nitrogens with zero attached hydrogens (tertiary/aromatic N) is 1. The predicted octanol–water partition coefficient (Wildman–Crippen LogP) is 1.56. The molecule has 1 aromatic heterocycles. The molecule has 1 rings (SSSR count). The summed E-state index contributed by atoms with van der Waals surface area (Å²) in [5.74, 6) is 0.394. The first-order valence-corrected chi connectivity index (χ1v) is 5.04.